The van der Waals surface area contributed by atoms with E-state index in [-0.39, 0.29) is 11.9 Å². The van der Waals surface area contributed by atoms with Gasteiger partial charge in [0.1, 0.15) is 5.82 Å². The van der Waals surface area contributed by atoms with Crippen LogP contribution in [-0.2, 0) is 0 Å². The number of hydrogen-bond donors (Lipinski definition) is 1. The molecule has 0 radical (unpaired) electrons. The largest absolute Gasteiger partial charge is 0.306 e. The van der Waals surface area contributed by atoms with Gasteiger partial charge in [0.05, 0.1) is 12.2 Å². The van der Waals surface area contributed by atoms with E-state index in [4.69, 9.17) is 11.6 Å². The second-order valence-electron chi connectivity index (χ2n) is 4.80. The monoisotopic (exact) mass is 292 g/mol. The summed E-state index contributed by atoms with van der Waals surface area (Å²) in [5.41, 5.74) is 2.75. The molecular weight excluding hydrogens is 275 g/mol. The van der Waals surface area contributed by atoms with Crippen LogP contribution in [-0.4, -0.2) is 11.5 Å². The van der Waals surface area contributed by atoms with Gasteiger partial charge in [-0.25, -0.2) is 4.39 Å². The lowest BCUT2D eigenvalue weighted by Gasteiger charge is -2.21. The molecule has 1 N–H and O–H groups in total. The van der Waals surface area contributed by atoms with Gasteiger partial charge in [-0.3, -0.25) is 4.98 Å². The minimum absolute atomic E-state index is 0.148. The summed E-state index contributed by atoms with van der Waals surface area (Å²) in [6.07, 6.45) is 3.87. The van der Waals surface area contributed by atoms with Crippen molar-refractivity contribution in [3.8, 4) is 0 Å². The second kappa shape index (κ2) is 6.82. The van der Waals surface area contributed by atoms with Crippen molar-refractivity contribution in [2.45, 2.75) is 26.3 Å². The molecule has 4 heteroatoms. The number of pyridine rings is 1. The third-order valence-corrected chi connectivity index (χ3v) is 3.71. The standard InChI is InChI=1S/C16H18ClFN2/c1-3-7-20-16(12-8-13(18)10-19-9-12)14-6-4-5-11(2)15(14)17/h4-6,8-10,16,20H,3,7H2,1-2H3. The quantitative estimate of drug-likeness (QED) is 0.890. The van der Waals surface area contributed by atoms with Gasteiger partial charge in [0.2, 0.25) is 0 Å². The first-order chi connectivity index (χ1) is 9.63. The maximum absolute atomic E-state index is 13.4. The molecule has 1 atom stereocenters. The third kappa shape index (κ3) is 3.35. The molecule has 106 valence electrons. The van der Waals surface area contributed by atoms with Crippen LogP contribution in [0.15, 0.2) is 36.7 Å². The summed E-state index contributed by atoms with van der Waals surface area (Å²) >= 11 is 6.40. The van der Waals surface area contributed by atoms with Crippen LogP contribution in [0.4, 0.5) is 4.39 Å². The number of aromatic nitrogens is 1. The van der Waals surface area contributed by atoms with Crippen molar-refractivity contribution in [3.05, 3.63) is 64.2 Å². The number of rotatable bonds is 5. The topological polar surface area (TPSA) is 24.9 Å². The van der Waals surface area contributed by atoms with E-state index in [2.05, 4.69) is 17.2 Å². The number of nitrogens with zero attached hydrogens (tertiary/aromatic N) is 1. The van der Waals surface area contributed by atoms with Gasteiger partial charge < -0.3 is 5.32 Å². The molecule has 2 nitrogen and oxygen atoms in total. The summed E-state index contributed by atoms with van der Waals surface area (Å²) in [7, 11) is 0. The lowest BCUT2D eigenvalue weighted by Crippen LogP contribution is -2.24. The first-order valence-corrected chi connectivity index (χ1v) is 7.10. The van der Waals surface area contributed by atoms with Crippen molar-refractivity contribution in [1.29, 1.82) is 0 Å². The summed E-state index contributed by atoms with van der Waals surface area (Å²) in [5, 5.41) is 4.12. The highest BCUT2D eigenvalue weighted by atomic mass is 35.5. The Morgan fingerprint density at radius 2 is 2.15 bits per heavy atom. The molecule has 2 rings (SSSR count). The Hall–Kier alpha value is -1.45. The second-order valence-corrected chi connectivity index (χ2v) is 5.18. The first-order valence-electron chi connectivity index (χ1n) is 6.72. The summed E-state index contributed by atoms with van der Waals surface area (Å²) in [6, 6.07) is 7.24. The van der Waals surface area contributed by atoms with Gasteiger partial charge in [-0.05, 0) is 42.6 Å². The molecule has 0 spiro atoms. The molecule has 1 aromatic heterocycles. The molecule has 1 unspecified atom stereocenters. The van der Waals surface area contributed by atoms with E-state index in [0.717, 1.165) is 29.7 Å². The van der Waals surface area contributed by atoms with Crippen molar-refractivity contribution in [2.24, 2.45) is 0 Å². The van der Waals surface area contributed by atoms with Gasteiger partial charge in [-0.15, -0.1) is 0 Å². The molecule has 0 fully saturated rings. The Kier molecular flexibility index (Phi) is 5.10. The first kappa shape index (κ1) is 14.9. The number of nitrogens with one attached hydrogen (secondary N) is 1. The van der Waals surface area contributed by atoms with Crippen LogP contribution in [0, 0.1) is 12.7 Å². The zero-order chi connectivity index (χ0) is 14.5. The van der Waals surface area contributed by atoms with Crippen molar-refractivity contribution >= 4 is 11.6 Å². The molecule has 1 aromatic carbocycles. The molecule has 0 saturated carbocycles. The van der Waals surface area contributed by atoms with Gasteiger partial charge in [-0.2, -0.15) is 0 Å². The van der Waals surface area contributed by atoms with E-state index in [1.807, 2.05) is 25.1 Å². The number of benzene rings is 1. The number of hydrogen-bond acceptors (Lipinski definition) is 2. The molecule has 0 aliphatic heterocycles. The Balaban J connectivity index is 2.44. The maximum Gasteiger partial charge on any atom is 0.141 e. The van der Waals surface area contributed by atoms with Gasteiger partial charge >= 0.3 is 0 Å². The summed E-state index contributed by atoms with van der Waals surface area (Å²) < 4.78 is 13.4. The predicted octanol–water partition coefficient (Wildman–Crippen LogP) is 4.27. The van der Waals surface area contributed by atoms with Crippen LogP contribution < -0.4 is 5.32 Å². The van der Waals surface area contributed by atoms with E-state index in [1.54, 1.807) is 6.20 Å². The van der Waals surface area contributed by atoms with Crippen LogP contribution in [0.5, 0.6) is 0 Å². The zero-order valence-corrected chi connectivity index (χ0v) is 12.4. The third-order valence-electron chi connectivity index (χ3n) is 3.19. The number of aryl methyl sites for hydroxylation is 1. The minimum Gasteiger partial charge on any atom is -0.306 e. The lowest BCUT2D eigenvalue weighted by molar-refractivity contribution is 0.580. The average molecular weight is 293 g/mol. The Morgan fingerprint density at radius 1 is 1.35 bits per heavy atom. The molecule has 0 bridgehead atoms. The van der Waals surface area contributed by atoms with E-state index >= 15 is 0 Å². The van der Waals surface area contributed by atoms with Crippen molar-refractivity contribution < 1.29 is 4.39 Å². The molecule has 1 heterocycles. The summed E-state index contributed by atoms with van der Waals surface area (Å²) in [5.74, 6) is -0.338. The molecule has 0 aliphatic carbocycles. The smallest absolute Gasteiger partial charge is 0.141 e. The predicted molar refractivity (Wildman–Crippen MR) is 80.5 cm³/mol. The molecule has 0 saturated heterocycles. The van der Waals surface area contributed by atoms with Crippen molar-refractivity contribution in [3.63, 3.8) is 0 Å². The van der Waals surface area contributed by atoms with Crippen LogP contribution in [0.25, 0.3) is 0 Å². The zero-order valence-electron chi connectivity index (χ0n) is 11.7. The minimum atomic E-state index is -0.338. The molecular formula is C16H18ClFN2. The Morgan fingerprint density at radius 3 is 2.85 bits per heavy atom. The van der Waals surface area contributed by atoms with E-state index in [9.17, 15) is 4.39 Å². The highest BCUT2D eigenvalue weighted by Crippen LogP contribution is 2.30. The van der Waals surface area contributed by atoms with Crippen LogP contribution in [0.2, 0.25) is 5.02 Å². The highest BCUT2D eigenvalue weighted by molar-refractivity contribution is 6.32. The van der Waals surface area contributed by atoms with Crippen LogP contribution in [0.1, 0.15) is 36.1 Å². The summed E-state index contributed by atoms with van der Waals surface area (Å²) in [6.45, 7) is 4.88. The van der Waals surface area contributed by atoms with Gasteiger partial charge in [0, 0.05) is 11.2 Å². The van der Waals surface area contributed by atoms with E-state index in [0.29, 0.717) is 5.02 Å². The fourth-order valence-electron chi connectivity index (χ4n) is 2.18. The molecule has 2 aromatic rings. The number of halogens is 2. The summed E-state index contributed by atoms with van der Waals surface area (Å²) in [4.78, 5) is 3.93. The van der Waals surface area contributed by atoms with Crippen LogP contribution >= 0.6 is 11.6 Å². The molecule has 0 aliphatic rings. The normalized spacial score (nSPS) is 12.4. The maximum atomic E-state index is 13.4. The Bertz CT molecular complexity index is 586. The van der Waals surface area contributed by atoms with E-state index in [1.165, 1.54) is 12.3 Å². The van der Waals surface area contributed by atoms with Gasteiger partial charge in [0.15, 0.2) is 0 Å². The van der Waals surface area contributed by atoms with Gasteiger partial charge in [0.25, 0.3) is 0 Å². The Labute approximate surface area is 124 Å². The van der Waals surface area contributed by atoms with Gasteiger partial charge in [-0.1, -0.05) is 36.7 Å². The van der Waals surface area contributed by atoms with Crippen molar-refractivity contribution in [1.82, 2.24) is 10.3 Å². The highest BCUT2D eigenvalue weighted by Gasteiger charge is 2.18. The fraction of sp³-hybridized carbons (Fsp3) is 0.312. The average Bonchev–Trinajstić information content (AvgIpc) is 2.44. The van der Waals surface area contributed by atoms with Crippen LogP contribution in [0.3, 0.4) is 0 Å². The fourth-order valence-corrected chi connectivity index (χ4v) is 2.41. The van der Waals surface area contributed by atoms with E-state index < -0.39 is 0 Å². The molecule has 20 heavy (non-hydrogen) atoms. The SMILES string of the molecule is CCCNC(c1cncc(F)c1)c1cccc(C)c1Cl. The molecule has 0 amide bonds. The van der Waals surface area contributed by atoms with Crippen molar-refractivity contribution in [2.75, 3.05) is 6.54 Å². The lowest BCUT2D eigenvalue weighted by atomic mass is 9.98.